The fraction of sp³-hybridized carbons (Fsp3) is 0.226. The number of carbonyl (C=O) groups is 1. The number of anilines is 2. The summed E-state index contributed by atoms with van der Waals surface area (Å²) in [6, 6.07) is 23.5. The van der Waals surface area contributed by atoms with E-state index >= 15 is 0 Å². The lowest BCUT2D eigenvalue weighted by Gasteiger charge is -2.33. The Bertz CT molecular complexity index is 1460. The Morgan fingerprint density at radius 1 is 1.00 bits per heavy atom. The third-order valence-corrected chi connectivity index (χ3v) is 6.75. The summed E-state index contributed by atoms with van der Waals surface area (Å²) in [5.74, 6) is 0.899. The number of aromatic nitrogens is 1. The topological polar surface area (TPSA) is 75.7 Å². The molecule has 0 radical (unpaired) electrons. The van der Waals surface area contributed by atoms with E-state index in [1.54, 1.807) is 24.4 Å². The summed E-state index contributed by atoms with van der Waals surface area (Å²) in [4.78, 5) is 24.4. The van der Waals surface area contributed by atoms with Crippen LogP contribution in [0.2, 0.25) is 0 Å². The number of carbonyl (C=O) groups excluding carboxylic acids is 1. The fourth-order valence-electron chi connectivity index (χ4n) is 4.55. The van der Waals surface area contributed by atoms with Gasteiger partial charge in [-0.1, -0.05) is 54.6 Å². The number of nitrogens with one attached hydrogen (secondary N) is 2. The van der Waals surface area contributed by atoms with Gasteiger partial charge in [0.2, 0.25) is 0 Å². The molecule has 2 heterocycles. The number of benzene rings is 3. The number of alkyl halides is 3. The van der Waals surface area contributed by atoms with Crippen molar-refractivity contribution in [1.82, 2.24) is 10.5 Å². The number of hydrogen-bond donors (Lipinski definition) is 2. The van der Waals surface area contributed by atoms with E-state index in [2.05, 4.69) is 15.8 Å². The Balaban J connectivity index is 1.24. The molecule has 0 bridgehead atoms. The average Bonchev–Trinajstić information content (AvgIpc) is 2.98. The summed E-state index contributed by atoms with van der Waals surface area (Å²) >= 11 is 0. The highest BCUT2D eigenvalue weighted by Gasteiger charge is 2.30. The lowest BCUT2D eigenvalue weighted by molar-refractivity contribution is -0.137. The number of nitrogens with zero attached hydrogens (tertiary/aromatic N) is 2. The first-order valence-corrected chi connectivity index (χ1v) is 13.1. The molecular formula is C31H29F3N4O3. The first-order chi connectivity index (χ1) is 19.8. The van der Waals surface area contributed by atoms with Gasteiger partial charge in [0.15, 0.2) is 5.82 Å². The summed E-state index contributed by atoms with van der Waals surface area (Å²) in [7, 11) is 0. The van der Waals surface area contributed by atoms with Crippen LogP contribution in [0.4, 0.5) is 24.7 Å². The van der Waals surface area contributed by atoms with E-state index in [1.807, 2.05) is 54.3 Å². The zero-order valence-electron chi connectivity index (χ0n) is 22.3. The Morgan fingerprint density at radius 2 is 1.73 bits per heavy atom. The van der Waals surface area contributed by atoms with Crippen molar-refractivity contribution in [3.63, 3.8) is 0 Å². The second-order valence-corrected chi connectivity index (χ2v) is 9.66. The molecule has 7 nitrogen and oxygen atoms in total. The number of fused-ring (bicyclic) bond motifs is 1. The van der Waals surface area contributed by atoms with Crippen LogP contribution in [0.5, 0.6) is 5.75 Å². The molecule has 4 aromatic rings. The number of halogens is 3. The van der Waals surface area contributed by atoms with Crippen LogP contribution in [0.15, 0.2) is 91.1 Å². The zero-order chi connectivity index (χ0) is 28.8. The van der Waals surface area contributed by atoms with Gasteiger partial charge in [0.05, 0.1) is 24.8 Å². The Hall–Kier alpha value is -4.57. The third kappa shape index (κ3) is 6.96. The molecule has 10 heteroatoms. The van der Waals surface area contributed by atoms with Crippen molar-refractivity contribution in [2.24, 2.45) is 0 Å². The van der Waals surface area contributed by atoms with Crippen molar-refractivity contribution in [1.29, 1.82) is 0 Å². The summed E-state index contributed by atoms with van der Waals surface area (Å²) in [6.07, 6.45) is -2.72. The lowest BCUT2D eigenvalue weighted by atomic mass is 10.1. The maximum absolute atomic E-state index is 13.0. The number of hydroxylamine groups is 1. The highest BCUT2D eigenvalue weighted by molar-refractivity contribution is 5.93. The van der Waals surface area contributed by atoms with Gasteiger partial charge in [-0.15, -0.1) is 0 Å². The quantitative estimate of drug-likeness (QED) is 0.226. The molecule has 3 aromatic carbocycles. The number of pyridine rings is 1. The van der Waals surface area contributed by atoms with Crippen LogP contribution in [-0.2, 0) is 24.2 Å². The minimum Gasteiger partial charge on any atom is -0.489 e. The number of amides is 1. The molecule has 0 fully saturated rings. The largest absolute Gasteiger partial charge is 0.489 e. The molecule has 0 spiro atoms. The summed E-state index contributed by atoms with van der Waals surface area (Å²) in [5, 5.41) is 3.43. The summed E-state index contributed by atoms with van der Waals surface area (Å²) < 4.78 is 44.8. The third-order valence-electron chi connectivity index (χ3n) is 6.75. The van der Waals surface area contributed by atoms with Crippen molar-refractivity contribution < 1.29 is 27.5 Å². The molecule has 0 unspecified atom stereocenters. The molecular weight excluding hydrogens is 533 g/mol. The molecule has 0 saturated carbocycles. The second kappa shape index (κ2) is 12.3. The van der Waals surface area contributed by atoms with E-state index in [0.717, 1.165) is 34.5 Å². The minimum absolute atomic E-state index is 0.171. The van der Waals surface area contributed by atoms with Crippen molar-refractivity contribution in [2.75, 3.05) is 23.4 Å². The van der Waals surface area contributed by atoms with E-state index in [9.17, 15) is 18.0 Å². The zero-order valence-corrected chi connectivity index (χ0v) is 22.3. The second-order valence-electron chi connectivity index (χ2n) is 9.66. The van der Waals surface area contributed by atoms with Gasteiger partial charge in [0.1, 0.15) is 18.0 Å². The van der Waals surface area contributed by atoms with Gasteiger partial charge in [-0.2, -0.15) is 13.2 Å². The highest BCUT2D eigenvalue weighted by Crippen LogP contribution is 2.39. The standard InChI is InChI=1S/C31H29F3N4O3/c1-21(24-9-11-25(12-10-24)30(39)37-41-20-23-5-3-2-4-6-23)36-29-28-27(15-16-35-29)40-18-17-38(28)19-22-7-13-26(14-8-22)31(32,33)34/h2-16,21H,17-20H2,1H3,(H,35,36)(H,37,39)/t21-/m0/s1. The van der Waals surface area contributed by atoms with Crippen LogP contribution in [0.3, 0.4) is 0 Å². The molecule has 2 N–H and O–H groups in total. The van der Waals surface area contributed by atoms with Crippen LogP contribution >= 0.6 is 0 Å². The highest BCUT2D eigenvalue weighted by atomic mass is 19.4. The van der Waals surface area contributed by atoms with Gasteiger partial charge >= 0.3 is 6.18 Å². The van der Waals surface area contributed by atoms with E-state index in [-0.39, 0.29) is 18.6 Å². The molecule has 1 amide bonds. The molecule has 212 valence electrons. The predicted octanol–water partition coefficient (Wildman–Crippen LogP) is 6.53. The van der Waals surface area contributed by atoms with E-state index in [1.165, 1.54) is 12.1 Å². The summed E-state index contributed by atoms with van der Waals surface area (Å²) in [5.41, 5.74) is 5.62. The first kappa shape index (κ1) is 28.0. The van der Waals surface area contributed by atoms with Crippen molar-refractivity contribution in [2.45, 2.75) is 32.3 Å². The maximum atomic E-state index is 13.0. The van der Waals surface area contributed by atoms with Gasteiger partial charge in [-0.3, -0.25) is 9.63 Å². The van der Waals surface area contributed by atoms with Crippen molar-refractivity contribution in [3.05, 3.63) is 119 Å². The number of hydrogen-bond acceptors (Lipinski definition) is 6. The van der Waals surface area contributed by atoms with Crippen LogP contribution in [0.1, 0.15) is 45.6 Å². The van der Waals surface area contributed by atoms with Gasteiger partial charge in [0.25, 0.3) is 5.91 Å². The average molecular weight is 563 g/mol. The normalized spacial score (nSPS) is 13.6. The molecule has 1 aliphatic rings. The Labute approximate surface area is 235 Å². The maximum Gasteiger partial charge on any atom is 0.416 e. The van der Waals surface area contributed by atoms with Gasteiger partial charge in [-0.05, 0) is 47.9 Å². The van der Waals surface area contributed by atoms with E-state index in [0.29, 0.717) is 36.8 Å². The molecule has 5 rings (SSSR count). The predicted molar refractivity (Wildman–Crippen MR) is 149 cm³/mol. The van der Waals surface area contributed by atoms with Gasteiger partial charge < -0.3 is 15.0 Å². The Morgan fingerprint density at radius 3 is 2.44 bits per heavy atom. The molecule has 1 aliphatic heterocycles. The number of rotatable bonds is 9. The van der Waals surface area contributed by atoms with Crippen LogP contribution in [-0.4, -0.2) is 24.0 Å². The summed E-state index contributed by atoms with van der Waals surface area (Å²) in [6.45, 7) is 3.65. The first-order valence-electron chi connectivity index (χ1n) is 13.1. The molecule has 0 saturated heterocycles. The lowest BCUT2D eigenvalue weighted by Crippen LogP contribution is -2.33. The Kier molecular flexibility index (Phi) is 8.39. The number of ether oxygens (including phenoxy) is 1. The van der Waals surface area contributed by atoms with Crippen LogP contribution in [0.25, 0.3) is 0 Å². The van der Waals surface area contributed by atoms with Gasteiger partial charge in [-0.25, -0.2) is 10.5 Å². The van der Waals surface area contributed by atoms with Crippen LogP contribution in [0, 0.1) is 0 Å². The molecule has 1 aromatic heterocycles. The van der Waals surface area contributed by atoms with E-state index < -0.39 is 11.7 Å². The smallest absolute Gasteiger partial charge is 0.416 e. The minimum atomic E-state index is -4.38. The fourth-order valence-corrected chi connectivity index (χ4v) is 4.55. The molecule has 0 aliphatic carbocycles. The monoisotopic (exact) mass is 562 g/mol. The van der Waals surface area contributed by atoms with E-state index in [4.69, 9.17) is 9.57 Å². The molecule has 41 heavy (non-hydrogen) atoms. The van der Waals surface area contributed by atoms with Crippen molar-refractivity contribution in [3.8, 4) is 5.75 Å². The van der Waals surface area contributed by atoms with Crippen molar-refractivity contribution >= 4 is 17.4 Å². The molecule has 1 atom stereocenters. The SMILES string of the molecule is C[C@H](Nc1nccc2c1N(Cc1ccc(C(F)(F)F)cc1)CCO2)c1ccc(C(=O)NOCc2ccccc2)cc1. The van der Waals surface area contributed by atoms with Crippen LogP contribution < -0.4 is 20.4 Å². The van der Waals surface area contributed by atoms with Gasteiger partial charge in [0, 0.05) is 24.4 Å².